The molecule has 0 aromatic carbocycles. The maximum Gasteiger partial charge on any atom is 0.0921 e. The zero-order valence-corrected chi connectivity index (χ0v) is 10.4. The second kappa shape index (κ2) is 6.74. The molecule has 1 aromatic rings. The highest BCUT2D eigenvalue weighted by atomic mass is 16.5. The third kappa shape index (κ3) is 4.46. The number of morpholine rings is 1. The molecule has 1 aliphatic rings. The molecule has 0 saturated carbocycles. The largest absolute Gasteiger partial charge is 0.379 e. The predicted octanol–water partition coefficient (Wildman–Crippen LogP) is 0.309. The van der Waals surface area contributed by atoms with Crippen LogP contribution in [0.3, 0.4) is 0 Å². The van der Waals surface area contributed by atoms with Crippen molar-refractivity contribution in [3.8, 4) is 0 Å². The van der Waals surface area contributed by atoms with Gasteiger partial charge in [0.2, 0.25) is 0 Å². The Bertz CT molecular complexity index is 295. The van der Waals surface area contributed by atoms with Gasteiger partial charge in [-0.2, -0.15) is 0 Å². The Morgan fingerprint density at radius 3 is 3.29 bits per heavy atom. The van der Waals surface area contributed by atoms with Crippen molar-refractivity contribution in [2.75, 3.05) is 26.3 Å². The number of H-pyrrole nitrogens is 1. The molecule has 5 heteroatoms. The molecule has 0 radical (unpaired) electrons. The highest BCUT2D eigenvalue weighted by Gasteiger charge is 2.15. The molecule has 0 aliphatic carbocycles. The van der Waals surface area contributed by atoms with Gasteiger partial charge in [0, 0.05) is 43.5 Å². The van der Waals surface area contributed by atoms with Crippen LogP contribution in [0.25, 0.3) is 0 Å². The molecule has 0 amide bonds. The van der Waals surface area contributed by atoms with Crippen LogP contribution in [0, 0.1) is 0 Å². The van der Waals surface area contributed by atoms with E-state index in [1.807, 2.05) is 6.20 Å². The normalized spacial score (nSPS) is 22.5. The number of hydrogen-bond acceptors (Lipinski definition) is 4. The minimum atomic E-state index is 0.499. The van der Waals surface area contributed by atoms with Crippen LogP contribution < -0.4 is 10.6 Å². The SMILES string of the molecule is CC(CC1COCCN1)NCCc1cnc[nH]1. The molecule has 1 aromatic heterocycles. The summed E-state index contributed by atoms with van der Waals surface area (Å²) in [4.78, 5) is 7.11. The standard InChI is InChI=1S/C12H22N4O/c1-10(6-12-8-17-5-4-15-12)14-3-2-11-7-13-9-16-11/h7,9-10,12,14-15H,2-6,8H2,1H3,(H,13,16). The number of rotatable bonds is 6. The Morgan fingerprint density at radius 1 is 1.65 bits per heavy atom. The molecule has 2 rings (SSSR count). The van der Waals surface area contributed by atoms with Gasteiger partial charge in [0.05, 0.1) is 19.5 Å². The highest BCUT2D eigenvalue weighted by Crippen LogP contribution is 2.02. The zero-order chi connectivity index (χ0) is 11.9. The zero-order valence-electron chi connectivity index (χ0n) is 10.4. The lowest BCUT2D eigenvalue weighted by Crippen LogP contribution is -2.45. The van der Waals surface area contributed by atoms with E-state index in [-0.39, 0.29) is 0 Å². The van der Waals surface area contributed by atoms with Crippen LogP contribution in [0.15, 0.2) is 12.5 Å². The first kappa shape index (κ1) is 12.5. The van der Waals surface area contributed by atoms with Crippen molar-refractivity contribution in [3.05, 3.63) is 18.2 Å². The first-order chi connectivity index (χ1) is 8.34. The first-order valence-corrected chi connectivity index (χ1v) is 6.36. The summed E-state index contributed by atoms with van der Waals surface area (Å²) in [5, 5.41) is 7.00. The Morgan fingerprint density at radius 2 is 2.59 bits per heavy atom. The Balaban J connectivity index is 1.58. The van der Waals surface area contributed by atoms with Gasteiger partial charge in [0.1, 0.15) is 0 Å². The van der Waals surface area contributed by atoms with E-state index in [0.717, 1.165) is 39.1 Å². The number of imidazole rings is 1. The first-order valence-electron chi connectivity index (χ1n) is 6.36. The summed E-state index contributed by atoms with van der Waals surface area (Å²) in [6.07, 6.45) is 5.72. The number of aromatic nitrogens is 2. The van der Waals surface area contributed by atoms with Gasteiger partial charge in [-0.3, -0.25) is 0 Å². The fraction of sp³-hybridized carbons (Fsp3) is 0.750. The molecule has 5 nitrogen and oxygen atoms in total. The molecule has 1 aliphatic heterocycles. The molecule has 2 unspecified atom stereocenters. The van der Waals surface area contributed by atoms with Crippen LogP contribution in [-0.4, -0.2) is 48.4 Å². The molecule has 17 heavy (non-hydrogen) atoms. The summed E-state index contributed by atoms with van der Waals surface area (Å²) in [5.41, 5.74) is 1.18. The smallest absolute Gasteiger partial charge is 0.0921 e. The number of ether oxygens (including phenoxy) is 1. The highest BCUT2D eigenvalue weighted by molar-refractivity contribution is 4.94. The van der Waals surface area contributed by atoms with Crippen molar-refractivity contribution in [2.45, 2.75) is 31.8 Å². The average molecular weight is 238 g/mol. The lowest BCUT2D eigenvalue weighted by atomic mass is 10.1. The number of nitrogens with zero attached hydrogens (tertiary/aromatic N) is 1. The summed E-state index contributed by atoms with van der Waals surface area (Å²) in [6.45, 7) is 5.87. The Hall–Kier alpha value is -0.910. The third-order valence-corrected chi connectivity index (χ3v) is 3.08. The lowest BCUT2D eigenvalue weighted by molar-refractivity contribution is 0.0713. The molecular weight excluding hydrogens is 216 g/mol. The molecule has 0 spiro atoms. The van der Waals surface area contributed by atoms with Crippen LogP contribution in [0.5, 0.6) is 0 Å². The van der Waals surface area contributed by atoms with Gasteiger partial charge in [0.15, 0.2) is 0 Å². The van der Waals surface area contributed by atoms with Crippen molar-refractivity contribution < 1.29 is 4.74 Å². The number of nitrogens with one attached hydrogen (secondary N) is 3. The van der Waals surface area contributed by atoms with Gasteiger partial charge in [-0.15, -0.1) is 0 Å². The lowest BCUT2D eigenvalue weighted by Gasteiger charge is -2.26. The van der Waals surface area contributed by atoms with Crippen LogP contribution >= 0.6 is 0 Å². The number of aromatic amines is 1. The Kier molecular flexibility index (Phi) is 4.97. The maximum atomic E-state index is 5.44. The summed E-state index contributed by atoms with van der Waals surface area (Å²) in [7, 11) is 0. The Labute approximate surface area is 102 Å². The van der Waals surface area contributed by atoms with Crippen molar-refractivity contribution in [1.29, 1.82) is 0 Å². The summed E-state index contributed by atoms with van der Waals surface area (Å²) in [6, 6.07) is 1.01. The minimum Gasteiger partial charge on any atom is -0.379 e. The van der Waals surface area contributed by atoms with Crippen molar-refractivity contribution in [2.24, 2.45) is 0 Å². The second-order valence-corrected chi connectivity index (χ2v) is 4.64. The molecule has 1 fully saturated rings. The topological polar surface area (TPSA) is 62.0 Å². The molecule has 0 bridgehead atoms. The van der Waals surface area contributed by atoms with Gasteiger partial charge >= 0.3 is 0 Å². The van der Waals surface area contributed by atoms with Crippen LogP contribution in [0.2, 0.25) is 0 Å². The summed E-state index contributed by atoms with van der Waals surface area (Å²) < 4.78 is 5.44. The van der Waals surface area contributed by atoms with E-state index in [4.69, 9.17) is 4.74 Å². The van der Waals surface area contributed by atoms with Gasteiger partial charge in [-0.05, 0) is 13.3 Å². The van der Waals surface area contributed by atoms with Gasteiger partial charge in [-0.1, -0.05) is 0 Å². The van der Waals surface area contributed by atoms with E-state index in [0.29, 0.717) is 12.1 Å². The van der Waals surface area contributed by atoms with Crippen molar-refractivity contribution in [1.82, 2.24) is 20.6 Å². The van der Waals surface area contributed by atoms with Crippen molar-refractivity contribution >= 4 is 0 Å². The molecule has 2 heterocycles. The average Bonchev–Trinajstić information content (AvgIpc) is 2.83. The van der Waals surface area contributed by atoms with Gasteiger partial charge in [-0.25, -0.2) is 4.98 Å². The van der Waals surface area contributed by atoms with Gasteiger partial charge < -0.3 is 20.4 Å². The minimum absolute atomic E-state index is 0.499. The molecule has 2 atom stereocenters. The number of hydrogen-bond donors (Lipinski definition) is 3. The molecule has 3 N–H and O–H groups in total. The van der Waals surface area contributed by atoms with E-state index in [2.05, 4.69) is 27.5 Å². The molecular formula is C12H22N4O. The van der Waals surface area contributed by atoms with E-state index in [9.17, 15) is 0 Å². The molecule has 1 saturated heterocycles. The summed E-state index contributed by atoms with van der Waals surface area (Å²) >= 11 is 0. The summed E-state index contributed by atoms with van der Waals surface area (Å²) in [5.74, 6) is 0. The van der Waals surface area contributed by atoms with Crippen LogP contribution in [-0.2, 0) is 11.2 Å². The fourth-order valence-corrected chi connectivity index (χ4v) is 2.16. The van der Waals surface area contributed by atoms with Crippen molar-refractivity contribution in [3.63, 3.8) is 0 Å². The van der Waals surface area contributed by atoms with E-state index >= 15 is 0 Å². The van der Waals surface area contributed by atoms with E-state index < -0.39 is 0 Å². The second-order valence-electron chi connectivity index (χ2n) is 4.64. The monoisotopic (exact) mass is 238 g/mol. The third-order valence-electron chi connectivity index (χ3n) is 3.08. The van der Waals surface area contributed by atoms with Crippen LogP contribution in [0.1, 0.15) is 19.0 Å². The van der Waals surface area contributed by atoms with Crippen LogP contribution in [0.4, 0.5) is 0 Å². The predicted molar refractivity (Wildman–Crippen MR) is 67.0 cm³/mol. The van der Waals surface area contributed by atoms with Gasteiger partial charge in [0.25, 0.3) is 0 Å². The molecule has 96 valence electrons. The van der Waals surface area contributed by atoms with E-state index in [1.54, 1.807) is 6.33 Å². The fourth-order valence-electron chi connectivity index (χ4n) is 2.16. The maximum absolute atomic E-state index is 5.44. The van der Waals surface area contributed by atoms with E-state index in [1.165, 1.54) is 5.69 Å². The quantitative estimate of drug-likeness (QED) is 0.667.